The van der Waals surface area contributed by atoms with Crippen LogP contribution in [0.1, 0.15) is 22.6 Å². The van der Waals surface area contributed by atoms with E-state index in [1.54, 1.807) is 0 Å². The Balaban J connectivity index is 1.63. The van der Waals surface area contributed by atoms with Gasteiger partial charge in [-0.25, -0.2) is 4.98 Å². The maximum Gasteiger partial charge on any atom is 0.204 e. The van der Waals surface area contributed by atoms with Crippen molar-refractivity contribution in [1.82, 2.24) is 14.7 Å². The Hall–Kier alpha value is -4.06. The second-order valence-corrected chi connectivity index (χ2v) is 7.98. The van der Waals surface area contributed by atoms with Crippen molar-refractivity contribution in [3.05, 3.63) is 95.4 Å². The Labute approximate surface area is 186 Å². The highest BCUT2D eigenvalue weighted by molar-refractivity contribution is 5.94. The van der Waals surface area contributed by atoms with E-state index in [4.69, 9.17) is 15.2 Å². The number of fused-ring (bicyclic) bond motifs is 1. The van der Waals surface area contributed by atoms with Gasteiger partial charge in [0.1, 0.15) is 11.3 Å². The molecule has 5 aromatic rings. The van der Waals surface area contributed by atoms with E-state index in [0.29, 0.717) is 18.8 Å². The minimum Gasteiger partial charge on any atom is -0.397 e. The second kappa shape index (κ2) is 8.23. The number of nitrogens with two attached hydrogens (primary N) is 1. The number of rotatable bonds is 6. The zero-order valence-corrected chi connectivity index (χ0v) is 18.2. The molecule has 6 nitrogen and oxygen atoms in total. The molecule has 3 aromatic carbocycles. The van der Waals surface area contributed by atoms with Gasteiger partial charge in [-0.2, -0.15) is 0 Å². The van der Waals surface area contributed by atoms with Crippen LogP contribution >= 0.6 is 0 Å². The average molecular weight is 424 g/mol. The van der Waals surface area contributed by atoms with Gasteiger partial charge in [-0.05, 0) is 42.7 Å². The highest BCUT2D eigenvalue weighted by Crippen LogP contribution is 2.34. The zero-order chi connectivity index (χ0) is 22.1. The SMILES string of the molecule is Cc1noc(C)c1-c1cc(N)c2nc(NCc3ccccc3)n(Cc3ccccc3)c2c1. The lowest BCUT2D eigenvalue weighted by atomic mass is 10.0. The van der Waals surface area contributed by atoms with E-state index < -0.39 is 0 Å². The van der Waals surface area contributed by atoms with Crippen molar-refractivity contribution in [3.8, 4) is 11.1 Å². The van der Waals surface area contributed by atoms with E-state index in [1.165, 1.54) is 11.1 Å². The van der Waals surface area contributed by atoms with Crippen molar-refractivity contribution in [2.24, 2.45) is 0 Å². The van der Waals surface area contributed by atoms with Crippen LogP contribution in [0.15, 0.2) is 77.3 Å². The summed E-state index contributed by atoms with van der Waals surface area (Å²) >= 11 is 0. The number of nitrogens with one attached hydrogen (secondary N) is 1. The van der Waals surface area contributed by atoms with E-state index in [2.05, 4.69) is 57.5 Å². The van der Waals surface area contributed by atoms with E-state index in [1.807, 2.05) is 44.2 Å². The lowest BCUT2D eigenvalue weighted by Gasteiger charge is -2.12. The first kappa shape index (κ1) is 19.9. The number of hydrogen-bond acceptors (Lipinski definition) is 5. The first-order valence-electron chi connectivity index (χ1n) is 10.6. The Bertz CT molecular complexity index is 1350. The molecule has 0 saturated carbocycles. The van der Waals surface area contributed by atoms with Crippen LogP contribution in [-0.4, -0.2) is 14.7 Å². The summed E-state index contributed by atoms with van der Waals surface area (Å²) in [6.45, 7) is 5.22. The number of anilines is 2. The lowest BCUT2D eigenvalue weighted by molar-refractivity contribution is 0.393. The Morgan fingerprint density at radius 3 is 2.28 bits per heavy atom. The molecule has 0 atom stereocenters. The maximum absolute atomic E-state index is 6.49. The maximum atomic E-state index is 6.49. The molecule has 160 valence electrons. The summed E-state index contributed by atoms with van der Waals surface area (Å²) in [6.07, 6.45) is 0. The van der Waals surface area contributed by atoms with E-state index in [0.717, 1.165) is 39.6 Å². The third-order valence-electron chi connectivity index (χ3n) is 5.68. The van der Waals surface area contributed by atoms with E-state index in [9.17, 15) is 0 Å². The molecule has 0 aliphatic heterocycles. The van der Waals surface area contributed by atoms with Gasteiger partial charge in [0.25, 0.3) is 0 Å². The molecule has 5 rings (SSSR count). The van der Waals surface area contributed by atoms with Gasteiger partial charge in [0, 0.05) is 12.1 Å². The van der Waals surface area contributed by atoms with Crippen molar-refractivity contribution < 1.29 is 4.52 Å². The fraction of sp³-hybridized carbons (Fsp3) is 0.154. The van der Waals surface area contributed by atoms with Crippen LogP contribution in [0, 0.1) is 13.8 Å². The van der Waals surface area contributed by atoms with Gasteiger partial charge in [0.05, 0.1) is 23.4 Å². The van der Waals surface area contributed by atoms with Crippen molar-refractivity contribution >= 4 is 22.7 Å². The molecule has 0 saturated heterocycles. The highest BCUT2D eigenvalue weighted by Gasteiger charge is 2.18. The molecule has 0 bridgehead atoms. The topological polar surface area (TPSA) is 81.9 Å². The average Bonchev–Trinajstić information content (AvgIpc) is 3.33. The highest BCUT2D eigenvalue weighted by atomic mass is 16.5. The summed E-state index contributed by atoms with van der Waals surface area (Å²) < 4.78 is 7.58. The first-order chi connectivity index (χ1) is 15.6. The van der Waals surface area contributed by atoms with Crippen LogP contribution in [0.3, 0.4) is 0 Å². The largest absolute Gasteiger partial charge is 0.397 e. The molecule has 0 unspecified atom stereocenters. The zero-order valence-electron chi connectivity index (χ0n) is 18.2. The van der Waals surface area contributed by atoms with Gasteiger partial charge in [-0.1, -0.05) is 65.8 Å². The fourth-order valence-corrected chi connectivity index (χ4v) is 4.13. The fourth-order valence-electron chi connectivity index (χ4n) is 4.13. The number of nitrogen functional groups attached to an aromatic ring is 1. The van der Waals surface area contributed by atoms with Crippen molar-refractivity contribution in [2.45, 2.75) is 26.9 Å². The molecule has 32 heavy (non-hydrogen) atoms. The quantitative estimate of drug-likeness (QED) is 0.350. The number of aryl methyl sites for hydroxylation is 2. The monoisotopic (exact) mass is 423 g/mol. The second-order valence-electron chi connectivity index (χ2n) is 7.98. The minimum atomic E-state index is 0.632. The van der Waals surface area contributed by atoms with E-state index >= 15 is 0 Å². The third kappa shape index (κ3) is 3.71. The summed E-state index contributed by atoms with van der Waals surface area (Å²) in [5.74, 6) is 1.56. The van der Waals surface area contributed by atoms with Gasteiger partial charge in [-0.3, -0.25) is 0 Å². The van der Waals surface area contributed by atoms with Crippen molar-refractivity contribution in [1.29, 1.82) is 0 Å². The van der Waals surface area contributed by atoms with Crippen molar-refractivity contribution in [2.75, 3.05) is 11.1 Å². The van der Waals surface area contributed by atoms with E-state index in [-0.39, 0.29) is 0 Å². The standard InChI is InChI=1S/C26H25N5O/c1-17-24(18(2)32-30-17)21-13-22(27)25-23(14-21)31(16-20-11-7-4-8-12-20)26(29-25)28-15-19-9-5-3-6-10-19/h3-14H,15-16,27H2,1-2H3,(H,28,29). The van der Waals surface area contributed by atoms with Crippen molar-refractivity contribution in [3.63, 3.8) is 0 Å². The Morgan fingerprint density at radius 2 is 1.62 bits per heavy atom. The molecule has 2 aromatic heterocycles. The van der Waals surface area contributed by atoms with Crippen LogP contribution in [0.5, 0.6) is 0 Å². The molecule has 0 spiro atoms. The molecule has 6 heteroatoms. The van der Waals surface area contributed by atoms with Gasteiger partial charge in [-0.15, -0.1) is 0 Å². The van der Waals surface area contributed by atoms with Gasteiger partial charge < -0.3 is 20.1 Å². The molecule has 0 fully saturated rings. The summed E-state index contributed by atoms with van der Waals surface area (Å²) in [7, 11) is 0. The normalized spacial score (nSPS) is 11.2. The molecule has 0 aliphatic carbocycles. The summed E-state index contributed by atoms with van der Waals surface area (Å²) in [6, 6.07) is 24.7. The molecule has 2 heterocycles. The van der Waals surface area contributed by atoms with Crippen LogP contribution < -0.4 is 11.1 Å². The van der Waals surface area contributed by atoms with Crippen LogP contribution in [-0.2, 0) is 13.1 Å². The lowest BCUT2D eigenvalue weighted by Crippen LogP contribution is -2.08. The van der Waals surface area contributed by atoms with Gasteiger partial charge in [0.2, 0.25) is 5.95 Å². The number of hydrogen-bond donors (Lipinski definition) is 2. The summed E-state index contributed by atoms with van der Waals surface area (Å²) in [5, 5.41) is 7.62. The minimum absolute atomic E-state index is 0.632. The molecular weight excluding hydrogens is 398 g/mol. The van der Waals surface area contributed by atoms with Crippen LogP contribution in [0.2, 0.25) is 0 Å². The Kier molecular flexibility index (Phi) is 5.11. The molecular formula is C26H25N5O. The first-order valence-corrected chi connectivity index (χ1v) is 10.6. The smallest absolute Gasteiger partial charge is 0.204 e. The summed E-state index contributed by atoms with van der Waals surface area (Å²) in [4.78, 5) is 4.88. The van der Waals surface area contributed by atoms with Gasteiger partial charge in [0.15, 0.2) is 0 Å². The predicted octanol–water partition coefficient (Wildman–Crippen LogP) is 5.55. The van der Waals surface area contributed by atoms with Crippen LogP contribution in [0.25, 0.3) is 22.2 Å². The molecule has 3 N–H and O–H groups in total. The summed E-state index contributed by atoms with van der Waals surface area (Å²) in [5.41, 5.74) is 14.1. The number of nitrogens with zero attached hydrogens (tertiary/aromatic N) is 3. The molecule has 0 amide bonds. The Morgan fingerprint density at radius 1 is 0.938 bits per heavy atom. The molecule has 0 aliphatic rings. The molecule has 0 radical (unpaired) electrons. The predicted molar refractivity (Wildman–Crippen MR) is 128 cm³/mol. The number of imidazole rings is 1. The van der Waals surface area contributed by atoms with Crippen LogP contribution in [0.4, 0.5) is 11.6 Å². The number of aromatic nitrogens is 3. The third-order valence-corrected chi connectivity index (χ3v) is 5.68. The van der Waals surface area contributed by atoms with Gasteiger partial charge >= 0.3 is 0 Å². The number of benzene rings is 3.